The molecule has 2 aromatic heterocycles. The van der Waals surface area contributed by atoms with Crippen LogP contribution in [0.25, 0.3) is 0 Å². The average molecular weight is 387 g/mol. The molecule has 2 aromatic rings. The Morgan fingerprint density at radius 3 is 2.89 bits per heavy atom. The highest BCUT2D eigenvalue weighted by atomic mass is 16.6. The molecule has 1 amide bonds. The molecular weight excluding hydrogens is 370 g/mol. The van der Waals surface area contributed by atoms with E-state index in [9.17, 15) is 19.2 Å². The molecule has 2 N–H and O–H groups in total. The standard InChI is InChI=1S/C17H17N5O6/c1-10-8-22(17(26)21-15(10)24)13-3-2-11(28-13)9-27-14(23)7-20-16(25)12-6-18-4-5-19-12/h2-6,8,11,13H,7,9H2,1H3,(H,20,25)(H,21,24,26). The van der Waals surface area contributed by atoms with E-state index in [4.69, 9.17) is 9.47 Å². The number of aromatic amines is 1. The predicted molar refractivity (Wildman–Crippen MR) is 94.4 cm³/mol. The number of hydrogen-bond acceptors (Lipinski definition) is 8. The summed E-state index contributed by atoms with van der Waals surface area (Å²) >= 11 is 0. The summed E-state index contributed by atoms with van der Waals surface area (Å²) in [5.41, 5.74) is -0.612. The minimum absolute atomic E-state index is 0.0850. The van der Waals surface area contributed by atoms with Crippen molar-refractivity contribution in [2.75, 3.05) is 13.2 Å². The highest BCUT2D eigenvalue weighted by Crippen LogP contribution is 2.19. The van der Waals surface area contributed by atoms with Crippen molar-refractivity contribution >= 4 is 11.9 Å². The van der Waals surface area contributed by atoms with E-state index < -0.39 is 35.5 Å². The van der Waals surface area contributed by atoms with E-state index in [1.54, 1.807) is 19.1 Å². The molecule has 1 aliphatic heterocycles. The Kier molecular flexibility index (Phi) is 5.75. The fourth-order valence-electron chi connectivity index (χ4n) is 2.40. The van der Waals surface area contributed by atoms with Crippen LogP contribution in [0, 0.1) is 6.92 Å². The van der Waals surface area contributed by atoms with Crippen molar-refractivity contribution in [1.29, 1.82) is 0 Å². The van der Waals surface area contributed by atoms with Crippen molar-refractivity contribution in [3.8, 4) is 0 Å². The molecule has 0 aliphatic carbocycles. The second-order valence-corrected chi connectivity index (χ2v) is 5.88. The van der Waals surface area contributed by atoms with Gasteiger partial charge in [-0.25, -0.2) is 9.78 Å². The van der Waals surface area contributed by atoms with E-state index in [-0.39, 0.29) is 18.8 Å². The number of ether oxygens (including phenoxy) is 2. The van der Waals surface area contributed by atoms with E-state index in [1.807, 2.05) is 0 Å². The van der Waals surface area contributed by atoms with Gasteiger partial charge in [0.1, 0.15) is 24.9 Å². The molecule has 0 spiro atoms. The molecule has 28 heavy (non-hydrogen) atoms. The summed E-state index contributed by atoms with van der Waals surface area (Å²) in [5.74, 6) is -1.20. The van der Waals surface area contributed by atoms with Gasteiger partial charge in [-0.15, -0.1) is 0 Å². The van der Waals surface area contributed by atoms with Crippen LogP contribution in [0.4, 0.5) is 0 Å². The quantitative estimate of drug-likeness (QED) is 0.477. The number of aryl methyl sites for hydroxylation is 1. The first kappa shape index (κ1) is 19.2. The summed E-state index contributed by atoms with van der Waals surface area (Å²) in [7, 11) is 0. The van der Waals surface area contributed by atoms with E-state index in [0.29, 0.717) is 5.56 Å². The van der Waals surface area contributed by atoms with Crippen molar-refractivity contribution < 1.29 is 19.1 Å². The fourth-order valence-corrected chi connectivity index (χ4v) is 2.40. The third-order valence-corrected chi connectivity index (χ3v) is 3.82. The first-order valence-electron chi connectivity index (χ1n) is 8.29. The Labute approximate surface area is 158 Å². The lowest BCUT2D eigenvalue weighted by atomic mass is 10.3. The first-order chi connectivity index (χ1) is 13.4. The molecule has 2 unspecified atom stereocenters. The van der Waals surface area contributed by atoms with Gasteiger partial charge in [0.05, 0.1) is 6.20 Å². The summed E-state index contributed by atoms with van der Waals surface area (Å²) in [5, 5.41) is 2.37. The second kappa shape index (κ2) is 8.39. The molecular formula is C17H17N5O6. The third kappa shape index (κ3) is 4.57. The van der Waals surface area contributed by atoms with Crippen LogP contribution in [-0.4, -0.2) is 50.7 Å². The van der Waals surface area contributed by atoms with Gasteiger partial charge in [0, 0.05) is 24.2 Å². The number of nitrogens with one attached hydrogen (secondary N) is 2. The van der Waals surface area contributed by atoms with Crippen LogP contribution in [0.1, 0.15) is 22.3 Å². The number of H-pyrrole nitrogens is 1. The largest absolute Gasteiger partial charge is 0.461 e. The fraction of sp³-hybridized carbons (Fsp3) is 0.294. The highest BCUT2D eigenvalue weighted by Gasteiger charge is 2.23. The minimum Gasteiger partial charge on any atom is -0.461 e. The lowest BCUT2D eigenvalue weighted by molar-refractivity contribution is -0.146. The van der Waals surface area contributed by atoms with Gasteiger partial charge < -0.3 is 14.8 Å². The van der Waals surface area contributed by atoms with E-state index >= 15 is 0 Å². The molecule has 3 heterocycles. The Bertz CT molecular complexity index is 1010. The molecule has 0 bridgehead atoms. The average Bonchev–Trinajstić information content (AvgIpc) is 3.16. The molecule has 146 valence electrons. The number of aromatic nitrogens is 4. The zero-order valence-electron chi connectivity index (χ0n) is 14.8. The van der Waals surface area contributed by atoms with Crippen molar-refractivity contribution in [2.24, 2.45) is 0 Å². The van der Waals surface area contributed by atoms with Crippen LogP contribution < -0.4 is 16.6 Å². The molecule has 2 atom stereocenters. The second-order valence-electron chi connectivity index (χ2n) is 5.88. The zero-order valence-corrected chi connectivity index (χ0v) is 14.8. The Morgan fingerprint density at radius 2 is 2.14 bits per heavy atom. The number of carbonyl (C=O) groups excluding carboxylic acids is 2. The van der Waals surface area contributed by atoms with Crippen LogP contribution in [0.3, 0.4) is 0 Å². The molecule has 0 radical (unpaired) electrons. The number of carbonyl (C=O) groups is 2. The van der Waals surface area contributed by atoms with Crippen LogP contribution in [-0.2, 0) is 14.3 Å². The van der Waals surface area contributed by atoms with Crippen LogP contribution in [0.2, 0.25) is 0 Å². The third-order valence-electron chi connectivity index (χ3n) is 3.82. The molecule has 11 nitrogen and oxygen atoms in total. The van der Waals surface area contributed by atoms with Gasteiger partial charge >= 0.3 is 11.7 Å². The van der Waals surface area contributed by atoms with Crippen LogP contribution in [0.15, 0.2) is 46.5 Å². The minimum atomic E-state index is -0.719. The predicted octanol–water partition coefficient (Wildman–Crippen LogP) is -0.938. The maximum atomic E-state index is 11.9. The first-order valence-corrected chi connectivity index (χ1v) is 8.29. The highest BCUT2D eigenvalue weighted by molar-refractivity contribution is 5.93. The lowest BCUT2D eigenvalue weighted by Gasteiger charge is -2.16. The number of nitrogens with zero attached hydrogens (tertiary/aromatic N) is 3. The zero-order chi connectivity index (χ0) is 20.1. The van der Waals surface area contributed by atoms with Crippen molar-refractivity contribution in [1.82, 2.24) is 24.8 Å². The summed E-state index contributed by atoms with van der Waals surface area (Å²) in [4.78, 5) is 56.6. The Hall–Kier alpha value is -3.60. The summed E-state index contributed by atoms with van der Waals surface area (Å²) < 4.78 is 11.9. The smallest absolute Gasteiger partial charge is 0.330 e. The lowest BCUT2D eigenvalue weighted by Crippen LogP contribution is -2.34. The van der Waals surface area contributed by atoms with E-state index in [2.05, 4.69) is 20.3 Å². The number of amides is 1. The molecule has 11 heteroatoms. The van der Waals surface area contributed by atoms with Gasteiger partial charge in [-0.05, 0) is 13.0 Å². The normalized spacial score (nSPS) is 18.0. The van der Waals surface area contributed by atoms with Gasteiger partial charge in [0.2, 0.25) is 0 Å². The monoisotopic (exact) mass is 387 g/mol. The van der Waals surface area contributed by atoms with Gasteiger partial charge in [-0.2, -0.15) is 0 Å². The summed E-state index contributed by atoms with van der Waals surface area (Å²) in [6, 6.07) is 0. The van der Waals surface area contributed by atoms with Crippen LogP contribution in [0.5, 0.6) is 0 Å². The number of rotatable bonds is 6. The maximum Gasteiger partial charge on any atom is 0.330 e. The number of esters is 1. The topological polar surface area (TPSA) is 145 Å². The molecule has 1 aliphatic rings. The molecule has 0 saturated heterocycles. The molecule has 3 rings (SSSR count). The molecule has 0 saturated carbocycles. The van der Waals surface area contributed by atoms with Gasteiger partial charge in [-0.3, -0.25) is 28.9 Å². The van der Waals surface area contributed by atoms with Crippen molar-refractivity contribution in [3.05, 3.63) is 69.0 Å². The summed E-state index contributed by atoms with van der Waals surface area (Å²) in [6.45, 7) is 1.14. The number of hydrogen-bond donors (Lipinski definition) is 2. The molecule has 0 aromatic carbocycles. The van der Waals surface area contributed by atoms with Crippen molar-refractivity contribution in [3.63, 3.8) is 0 Å². The SMILES string of the molecule is Cc1cn(C2C=CC(COC(=O)CNC(=O)c3cnccn3)O2)c(=O)[nH]c1=O. The van der Waals surface area contributed by atoms with Gasteiger partial charge in [0.25, 0.3) is 11.5 Å². The van der Waals surface area contributed by atoms with Gasteiger partial charge in [-0.1, -0.05) is 6.08 Å². The maximum absolute atomic E-state index is 11.9. The van der Waals surface area contributed by atoms with Gasteiger partial charge in [0.15, 0.2) is 6.23 Å². The van der Waals surface area contributed by atoms with E-state index in [1.165, 1.54) is 29.4 Å². The van der Waals surface area contributed by atoms with Crippen LogP contribution >= 0.6 is 0 Å². The van der Waals surface area contributed by atoms with E-state index in [0.717, 1.165) is 0 Å². The molecule has 0 fully saturated rings. The Balaban J connectivity index is 1.46. The summed E-state index contributed by atoms with van der Waals surface area (Å²) in [6.07, 6.45) is 7.44. The van der Waals surface area contributed by atoms with Crippen molar-refractivity contribution in [2.45, 2.75) is 19.3 Å². The Morgan fingerprint density at radius 1 is 1.32 bits per heavy atom.